The van der Waals surface area contributed by atoms with E-state index in [0.717, 1.165) is 23.1 Å². The molecule has 1 aromatic heterocycles. The van der Waals surface area contributed by atoms with Crippen molar-refractivity contribution in [1.29, 1.82) is 0 Å². The SMILES string of the molecule is CCN(CC(=O)NCc1cccs1)C(=O)COc1ccc([N+](=O)[O-])cc1F. The summed E-state index contributed by atoms with van der Waals surface area (Å²) in [5.74, 6) is -2.03. The molecule has 0 fully saturated rings. The minimum absolute atomic E-state index is 0.146. The van der Waals surface area contributed by atoms with E-state index in [0.29, 0.717) is 6.54 Å². The summed E-state index contributed by atoms with van der Waals surface area (Å²) in [7, 11) is 0. The van der Waals surface area contributed by atoms with Gasteiger partial charge in [-0.25, -0.2) is 4.39 Å². The number of thiophene rings is 1. The van der Waals surface area contributed by atoms with E-state index >= 15 is 0 Å². The number of nitrogens with zero attached hydrogens (tertiary/aromatic N) is 2. The number of likely N-dealkylation sites (N-methyl/N-ethyl adjacent to an activating group) is 1. The zero-order valence-electron chi connectivity index (χ0n) is 14.5. The number of nitro benzene ring substituents is 1. The predicted octanol–water partition coefficient (Wildman–Crippen LogP) is 2.34. The van der Waals surface area contributed by atoms with Gasteiger partial charge in [0.05, 0.1) is 24.1 Å². The molecule has 10 heteroatoms. The highest BCUT2D eigenvalue weighted by atomic mass is 32.1. The molecule has 0 spiro atoms. The maximum Gasteiger partial charge on any atom is 0.272 e. The molecule has 0 bridgehead atoms. The Morgan fingerprint density at radius 3 is 2.74 bits per heavy atom. The maximum atomic E-state index is 13.8. The molecule has 8 nitrogen and oxygen atoms in total. The van der Waals surface area contributed by atoms with E-state index < -0.39 is 28.9 Å². The number of nitro groups is 1. The molecule has 2 aromatic rings. The van der Waals surface area contributed by atoms with Gasteiger partial charge in [-0.2, -0.15) is 0 Å². The smallest absolute Gasteiger partial charge is 0.272 e. The van der Waals surface area contributed by atoms with E-state index in [-0.39, 0.29) is 24.7 Å². The fourth-order valence-corrected chi connectivity index (χ4v) is 2.80. The number of halogens is 1. The Morgan fingerprint density at radius 2 is 2.15 bits per heavy atom. The fourth-order valence-electron chi connectivity index (χ4n) is 2.16. The number of carbonyl (C=O) groups excluding carboxylic acids is 2. The van der Waals surface area contributed by atoms with E-state index in [1.54, 1.807) is 6.92 Å². The van der Waals surface area contributed by atoms with Crippen LogP contribution in [0.2, 0.25) is 0 Å². The normalized spacial score (nSPS) is 10.3. The quantitative estimate of drug-likeness (QED) is 0.519. The number of carbonyl (C=O) groups is 2. The molecule has 0 unspecified atom stereocenters. The van der Waals surface area contributed by atoms with E-state index in [2.05, 4.69) is 5.32 Å². The Kier molecular flexibility index (Phi) is 7.24. The molecule has 1 heterocycles. The molecule has 0 aliphatic rings. The molecule has 0 aliphatic heterocycles. The zero-order valence-corrected chi connectivity index (χ0v) is 15.3. The maximum absolute atomic E-state index is 13.8. The van der Waals surface area contributed by atoms with Crippen molar-refractivity contribution in [3.63, 3.8) is 0 Å². The second-order valence-corrected chi connectivity index (χ2v) is 6.46. The number of ether oxygens (including phenoxy) is 1. The second kappa shape index (κ2) is 9.62. The molecule has 0 atom stereocenters. The standard InChI is InChI=1S/C17H18FN3O5S/c1-2-20(10-16(22)19-9-13-4-3-7-27-13)17(23)11-26-15-6-5-12(21(24)25)8-14(15)18/h3-8H,2,9-11H2,1H3,(H,19,22). The number of nitrogens with one attached hydrogen (secondary N) is 1. The molecular formula is C17H18FN3O5S. The lowest BCUT2D eigenvalue weighted by molar-refractivity contribution is -0.385. The average Bonchev–Trinajstić information content (AvgIpc) is 3.16. The van der Waals surface area contributed by atoms with Crippen molar-refractivity contribution in [2.45, 2.75) is 13.5 Å². The summed E-state index contributed by atoms with van der Waals surface area (Å²) in [6.07, 6.45) is 0. The van der Waals surface area contributed by atoms with Gasteiger partial charge in [0.1, 0.15) is 0 Å². The number of amides is 2. The van der Waals surface area contributed by atoms with Gasteiger partial charge in [-0.1, -0.05) is 6.07 Å². The van der Waals surface area contributed by atoms with E-state index in [4.69, 9.17) is 4.74 Å². The summed E-state index contributed by atoms with van der Waals surface area (Å²) >= 11 is 1.51. The van der Waals surface area contributed by atoms with Crippen LogP contribution >= 0.6 is 11.3 Å². The first-order valence-electron chi connectivity index (χ1n) is 8.04. The van der Waals surface area contributed by atoms with Gasteiger partial charge in [0, 0.05) is 17.5 Å². The molecule has 144 valence electrons. The highest BCUT2D eigenvalue weighted by Crippen LogP contribution is 2.22. The summed E-state index contributed by atoms with van der Waals surface area (Å²) < 4.78 is 18.9. The van der Waals surface area contributed by atoms with Crippen molar-refractivity contribution in [3.8, 4) is 5.75 Å². The van der Waals surface area contributed by atoms with Gasteiger partial charge in [-0.3, -0.25) is 19.7 Å². The Labute approximate surface area is 158 Å². The van der Waals surface area contributed by atoms with Crippen LogP contribution in [-0.4, -0.2) is 41.3 Å². The van der Waals surface area contributed by atoms with Crippen LogP contribution in [0.25, 0.3) is 0 Å². The average molecular weight is 395 g/mol. The molecule has 0 saturated carbocycles. The first-order chi connectivity index (χ1) is 12.9. The molecule has 0 saturated heterocycles. The van der Waals surface area contributed by atoms with Crippen molar-refractivity contribution in [2.75, 3.05) is 19.7 Å². The van der Waals surface area contributed by atoms with Gasteiger partial charge in [-0.05, 0) is 24.4 Å². The molecule has 2 rings (SSSR count). The molecule has 27 heavy (non-hydrogen) atoms. The first kappa shape index (κ1) is 20.3. The summed E-state index contributed by atoms with van der Waals surface area (Å²) in [5, 5.41) is 15.2. The Hall–Kier alpha value is -3.01. The van der Waals surface area contributed by atoms with Gasteiger partial charge < -0.3 is 15.0 Å². The van der Waals surface area contributed by atoms with Crippen molar-refractivity contribution >= 4 is 28.8 Å². The predicted molar refractivity (Wildman–Crippen MR) is 97.0 cm³/mol. The van der Waals surface area contributed by atoms with E-state index in [1.807, 2.05) is 17.5 Å². The van der Waals surface area contributed by atoms with Crippen LogP contribution in [-0.2, 0) is 16.1 Å². The van der Waals surface area contributed by atoms with Crippen LogP contribution in [0, 0.1) is 15.9 Å². The van der Waals surface area contributed by atoms with Gasteiger partial charge in [0.25, 0.3) is 11.6 Å². The van der Waals surface area contributed by atoms with E-state index in [9.17, 15) is 24.1 Å². The van der Waals surface area contributed by atoms with Gasteiger partial charge in [0.15, 0.2) is 18.2 Å². The number of non-ortho nitro benzene ring substituents is 1. The summed E-state index contributed by atoms with van der Waals surface area (Å²) in [6.45, 7) is 1.73. The van der Waals surface area contributed by atoms with Crippen LogP contribution in [0.15, 0.2) is 35.7 Å². The molecular weight excluding hydrogens is 377 g/mol. The monoisotopic (exact) mass is 395 g/mol. The highest BCUT2D eigenvalue weighted by Gasteiger charge is 2.18. The number of hydrogen-bond acceptors (Lipinski definition) is 6. The largest absolute Gasteiger partial charge is 0.481 e. The second-order valence-electron chi connectivity index (χ2n) is 5.42. The highest BCUT2D eigenvalue weighted by molar-refractivity contribution is 7.09. The van der Waals surface area contributed by atoms with Crippen molar-refractivity contribution in [2.24, 2.45) is 0 Å². The molecule has 1 aromatic carbocycles. The number of rotatable bonds is 9. The molecule has 0 radical (unpaired) electrons. The van der Waals surface area contributed by atoms with Crippen molar-refractivity contribution < 1.29 is 23.6 Å². The molecule has 2 amide bonds. The van der Waals surface area contributed by atoms with E-state index in [1.165, 1.54) is 16.2 Å². The lowest BCUT2D eigenvalue weighted by atomic mass is 10.3. The van der Waals surface area contributed by atoms with Crippen LogP contribution in [0.3, 0.4) is 0 Å². The van der Waals surface area contributed by atoms with Gasteiger partial charge >= 0.3 is 0 Å². The lowest BCUT2D eigenvalue weighted by Gasteiger charge is -2.20. The molecule has 0 aliphatic carbocycles. The first-order valence-corrected chi connectivity index (χ1v) is 8.92. The van der Waals surface area contributed by atoms with Gasteiger partial charge in [0.2, 0.25) is 5.91 Å². The van der Waals surface area contributed by atoms with Crippen molar-refractivity contribution in [1.82, 2.24) is 10.2 Å². The van der Waals surface area contributed by atoms with Crippen molar-refractivity contribution in [3.05, 3.63) is 56.5 Å². The third kappa shape index (κ3) is 6.03. The minimum Gasteiger partial charge on any atom is -0.481 e. The van der Waals surface area contributed by atoms with Crippen LogP contribution in [0.1, 0.15) is 11.8 Å². The Balaban J connectivity index is 1.85. The summed E-state index contributed by atoms with van der Waals surface area (Å²) in [6, 6.07) is 6.65. The minimum atomic E-state index is -0.936. The summed E-state index contributed by atoms with van der Waals surface area (Å²) in [5.41, 5.74) is -0.413. The zero-order chi connectivity index (χ0) is 19.8. The lowest BCUT2D eigenvalue weighted by Crippen LogP contribution is -2.42. The number of benzene rings is 1. The third-order valence-corrected chi connectivity index (χ3v) is 4.46. The topological polar surface area (TPSA) is 102 Å². The Bertz CT molecular complexity index is 813. The van der Waals surface area contributed by atoms with Gasteiger partial charge in [-0.15, -0.1) is 11.3 Å². The molecule has 1 N–H and O–H groups in total. The van der Waals surface area contributed by atoms with Crippen LogP contribution in [0.4, 0.5) is 10.1 Å². The third-order valence-electron chi connectivity index (χ3n) is 3.59. The van der Waals surface area contributed by atoms with Crippen LogP contribution in [0.5, 0.6) is 5.75 Å². The Morgan fingerprint density at radius 1 is 1.37 bits per heavy atom. The summed E-state index contributed by atoms with van der Waals surface area (Å²) in [4.78, 5) is 36.3. The number of hydrogen-bond donors (Lipinski definition) is 1. The fraction of sp³-hybridized carbons (Fsp3) is 0.294. The van der Waals surface area contributed by atoms with Crippen LogP contribution < -0.4 is 10.1 Å².